The predicted molar refractivity (Wildman–Crippen MR) is 129 cm³/mol. The summed E-state index contributed by atoms with van der Waals surface area (Å²) < 4.78 is 5.69. The molecule has 1 amide bonds. The van der Waals surface area contributed by atoms with Crippen molar-refractivity contribution in [2.45, 2.75) is 13.0 Å². The number of para-hydroxylation sites is 2. The highest BCUT2D eigenvalue weighted by molar-refractivity contribution is 6.51. The molecule has 0 aromatic heterocycles. The van der Waals surface area contributed by atoms with Gasteiger partial charge in [-0.2, -0.15) is 0 Å². The molecule has 1 atom stereocenters. The number of nitrogens with zero attached hydrogens (tertiary/aromatic N) is 2. The summed E-state index contributed by atoms with van der Waals surface area (Å²) in [4.78, 5) is 29.8. The minimum Gasteiger partial charge on any atom is -0.507 e. The van der Waals surface area contributed by atoms with Gasteiger partial charge in [-0.3, -0.25) is 14.5 Å². The maximum atomic E-state index is 13.3. The van der Waals surface area contributed by atoms with Crippen molar-refractivity contribution in [1.29, 1.82) is 0 Å². The molecule has 1 saturated heterocycles. The Labute approximate surface area is 197 Å². The Bertz CT molecular complexity index is 1350. The molecule has 0 radical (unpaired) electrons. The topological polar surface area (TPSA) is 90.3 Å². The lowest BCUT2D eigenvalue weighted by Crippen LogP contribution is -2.29. The van der Waals surface area contributed by atoms with Crippen LogP contribution in [0.25, 0.3) is 5.76 Å². The van der Waals surface area contributed by atoms with E-state index in [1.54, 1.807) is 42.5 Å². The fourth-order valence-electron chi connectivity index (χ4n) is 4.56. The summed E-state index contributed by atoms with van der Waals surface area (Å²) >= 11 is 0. The van der Waals surface area contributed by atoms with Crippen molar-refractivity contribution in [3.8, 4) is 11.5 Å². The number of Topliss-reactive ketones (excluding diaryl/α,β-unsaturated/α-hetero) is 1. The van der Waals surface area contributed by atoms with Crippen LogP contribution in [0, 0.1) is 6.92 Å². The number of fused-ring (bicyclic) bond motifs is 1. The van der Waals surface area contributed by atoms with E-state index in [4.69, 9.17) is 4.74 Å². The third-order valence-corrected chi connectivity index (χ3v) is 6.27. The second-order valence-electron chi connectivity index (χ2n) is 8.52. The number of aryl methyl sites for hydroxylation is 1. The Morgan fingerprint density at radius 1 is 1.00 bits per heavy atom. The second-order valence-corrected chi connectivity index (χ2v) is 8.52. The zero-order chi connectivity index (χ0) is 24.0. The van der Waals surface area contributed by atoms with E-state index >= 15 is 0 Å². The summed E-state index contributed by atoms with van der Waals surface area (Å²) in [5.74, 6) is -1.34. The van der Waals surface area contributed by atoms with Gasteiger partial charge in [0.05, 0.1) is 29.5 Å². The van der Waals surface area contributed by atoms with E-state index in [-0.39, 0.29) is 22.8 Å². The fourth-order valence-corrected chi connectivity index (χ4v) is 4.56. The number of likely N-dealkylation sites (N-methyl/N-ethyl adjacent to an activating group) is 1. The minimum atomic E-state index is -0.904. The van der Waals surface area contributed by atoms with Crippen molar-refractivity contribution in [3.63, 3.8) is 0 Å². The summed E-state index contributed by atoms with van der Waals surface area (Å²) in [6.45, 7) is 3.17. The quantitative estimate of drug-likeness (QED) is 0.350. The molecule has 172 valence electrons. The highest BCUT2D eigenvalue weighted by Crippen LogP contribution is 2.45. The van der Waals surface area contributed by atoms with Gasteiger partial charge in [-0.25, -0.2) is 0 Å². The number of anilines is 2. The fraction of sp³-hybridized carbons (Fsp3) is 0.185. The maximum Gasteiger partial charge on any atom is 0.300 e. The average Bonchev–Trinajstić information content (AvgIpc) is 3.09. The number of aromatic hydroxyl groups is 1. The van der Waals surface area contributed by atoms with Crippen LogP contribution in [-0.4, -0.2) is 42.1 Å². The molecule has 2 aliphatic rings. The van der Waals surface area contributed by atoms with Crippen molar-refractivity contribution in [1.82, 2.24) is 0 Å². The highest BCUT2D eigenvalue weighted by Gasteiger charge is 2.47. The van der Waals surface area contributed by atoms with Crippen molar-refractivity contribution in [3.05, 3.63) is 89.0 Å². The number of hydrogen-bond donors (Lipinski definition) is 2. The largest absolute Gasteiger partial charge is 0.507 e. The van der Waals surface area contributed by atoms with Crippen LogP contribution in [0.2, 0.25) is 0 Å². The number of aliphatic hydroxyl groups excluding tert-OH is 1. The molecule has 2 heterocycles. The number of ketones is 1. The Morgan fingerprint density at radius 2 is 1.79 bits per heavy atom. The molecule has 1 unspecified atom stereocenters. The van der Waals surface area contributed by atoms with Crippen molar-refractivity contribution in [2.24, 2.45) is 0 Å². The zero-order valence-electron chi connectivity index (χ0n) is 18.9. The monoisotopic (exact) mass is 456 g/mol. The number of rotatable bonds is 3. The minimum absolute atomic E-state index is 0.0295. The summed E-state index contributed by atoms with van der Waals surface area (Å²) in [5, 5.41) is 21.9. The summed E-state index contributed by atoms with van der Waals surface area (Å²) in [5.41, 5.74) is 2.96. The number of aliphatic hydroxyl groups is 1. The van der Waals surface area contributed by atoms with E-state index in [1.807, 2.05) is 37.1 Å². The van der Waals surface area contributed by atoms with Gasteiger partial charge in [0, 0.05) is 12.6 Å². The number of benzene rings is 3. The molecular weight excluding hydrogens is 432 g/mol. The van der Waals surface area contributed by atoms with Crippen LogP contribution in [-0.2, 0) is 9.59 Å². The Hall–Kier alpha value is -4.26. The molecule has 3 aromatic carbocycles. The molecule has 3 aromatic rings. The van der Waals surface area contributed by atoms with Crippen LogP contribution >= 0.6 is 0 Å². The van der Waals surface area contributed by atoms with Gasteiger partial charge >= 0.3 is 0 Å². The van der Waals surface area contributed by atoms with E-state index in [1.165, 1.54) is 11.0 Å². The lowest BCUT2D eigenvalue weighted by molar-refractivity contribution is -0.132. The molecule has 2 aliphatic heterocycles. The molecule has 5 rings (SSSR count). The zero-order valence-corrected chi connectivity index (χ0v) is 18.9. The third-order valence-electron chi connectivity index (χ3n) is 6.27. The second kappa shape index (κ2) is 8.26. The number of phenolic OH excluding ortho intramolecular Hbond substituents is 1. The molecule has 7 nitrogen and oxygen atoms in total. The Balaban J connectivity index is 1.72. The van der Waals surface area contributed by atoms with E-state index < -0.39 is 17.7 Å². The summed E-state index contributed by atoms with van der Waals surface area (Å²) in [6.07, 6.45) is 0. The van der Waals surface area contributed by atoms with Gasteiger partial charge in [-0.05, 0) is 42.8 Å². The van der Waals surface area contributed by atoms with Crippen molar-refractivity contribution >= 4 is 28.8 Å². The number of carbonyl (C=O) groups is 2. The Morgan fingerprint density at radius 3 is 2.56 bits per heavy atom. The highest BCUT2D eigenvalue weighted by atomic mass is 16.5. The standard InChI is InChI=1S/C27H24N2O5/c1-16-6-5-7-17(14-16)24-23(26(32)27(33)29(24)19-8-3-4-9-21(19)30)25(31)18-10-11-22-20(15-18)28(2)12-13-34-22/h3-11,14-15,24,30-31H,12-13H2,1-2H3/b25-23-. The molecule has 0 saturated carbocycles. The van der Waals surface area contributed by atoms with Gasteiger partial charge in [0.25, 0.3) is 11.7 Å². The van der Waals surface area contributed by atoms with Crippen LogP contribution in [0.1, 0.15) is 22.7 Å². The first-order valence-electron chi connectivity index (χ1n) is 11.0. The number of carbonyl (C=O) groups excluding carboxylic acids is 2. The number of phenols is 1. The molecule has 7 heteroatoms. The summed E-state index contributed by atoms with van der Waals surface area (Å²) in [6, 6.07) is 18.1. The van der Waals surface area contributed by atoms with Crippen molar-refractivity contribution in [2.75, 3.05) is 30.0 Å². The molecular formula is C27H24N2O5. The van der Waals surface area contributed by atoms with Crippen LogP contribution < -0.4 is 14.5 Å². The number of amides is 1. The van der Waals surface area contributed by atoms with Gasteiger partial charge in [0.2, 0.25) is 0 Å². The predicted octanol–water partition coefficient (Wildman–Crippen LogP) is 4.16. The van der Waals surface area contributed by atoms with E-state index in [0.29, 0.717) is 30.0 Å². The van der Waals surface area contributed by atoms with Crippen LogP contribution in [0.4, 0.5) is 11.4 Å². The lowest BCUT2D eigenvalue weighted by Gasteiger charge is -2.28. The van der Waals surface area contributed by atoms with Gasteiger partial charge in [0.1, 0.15) is 23.9 Å². The lowest BCUT2D eigenvalue weighted by atomic mass is 9.94. The van der Waals surface area contributed by atoms with Crippen LogP contribution in [0.3, 0.4) is 0 Å². The molecule has 0 aliphatic carbocycles. The molecule has 1 fully saturated rings. The van der Waals surface area contributed by atoms with E-state index in [9.17, 15) is 19.8 Å². The normalized spacial score (nSPS) is 19.2. The molecule has 34 heavy (non-hydrogen) atoms. The third kappa shape index (κ3) is 3.46. The van der Waals surface area contributed by atoms with E-state index in [0.717, 1.165) is 11.3 Å². The van der Waals surface area contributed by atoms with E-state index in [2.05, 4.69) is 0 Å². The smallest absolute Gasteiger partial charge is 0.300 e. The van der Waals surface area contributed by atoms with Gasteiger partial charge in [0.15, 0.2) is 0 Å². The van der Waals surface area contributed by atoms with Crippen molar-refractivity contribution < 1.29 is 24.5 Å². The van der Waals surface area contributed by atoms with Crippen LogP contribution in [0.5, 0.6) is 11.5 Å². The average molecular weight is 456 g/mol. The number of hydrogen-bond acceptors (Lipinski definition) is 6. The molecule has 2 N–H and O–H groups in total. The van der Waals surface area contributed by atoms with Crippen LogP contribution in [0.15, 0.2) is 72.3 Å². The molecule has 0 bridgehead atoms. The maximum absolute atomic E-state index is 13.3. The van der Waals surface area contributed by atoms with Gasteiger partial charge < -0.3 is 19.8 Å². The Kier molecular flexibility index (Phi) is 5.24. The molecule has 0 spiro atoms. The first-order valence-corrected chi connectivity index (χ1v) is 11.0. The SMILES string of the molecule is Cc1cccc(C2/C(=C(/O)c3ccc4c(c3)N(C)CCO4)C(=O)C(=O)N2c2ccccc2O)c1. The summed E-state index contributed by atoms with van der Waals surface area (Å²) in [7, 11) is 1.93. The van der Waals surface area contributed by atoms with Gasteiger partial charge in [-0.1, -0.05) is 42.0 Å². The first-order chi connectivity index (χ1) is 16.4. The van der Waals surface area contributed by atoms with Gasteiger partial charge in [-0.15, -0.1) is 0 Å². The first kappa shape index (κ1) is 21.6. The number of ether oxygens (including phenoxy) is 1.